The predicted octanol–water partition coefficient (Wildman–Crippen LogP) is 2.38. The molecule has 0 amide bonds. The van der Waals surface area contributed by atoms with Gasteiger partial charge in [0.15, 0.2) is 0 Å². The Morgan fingerprint density at radius 3 is 2.47 bits per heavy atom. The minimum absolute atomic E-state index is 0.139. The number of nitrogens with one attached hydrogen (secondary N) is 1. The quantitative estimate of drug-likeness (QED) is 0.522. The Morgan fingerprint density at radius 1 is 1.24 bits per heavy atom. The van der Waals surface area contributed by atoms with E-state index in [0.29, 0.717) is 6.02 Å². The molecular weight excluding hydrogens is 216 g/mol. The fourth-order valence-electron chi connectivity index (χ4n) is 2.87. The Hall–Kier alpha value is -0.770. The van der Waals surface area contributed by atoms with E-state index in [4.69, 9.17) is 14.9 Å². The highest BCUT2D eigenvalue weighted by atomic mass is 16.5. The first-order chi connectivity index (χ1) is 7.93. The zero-order chi connectivity index (χ0) is 12.5. The second-order valence-corrected chi connectivity index (χ2v) is 6.11. The molecule has 2 saturated heterocycles. The summed E-state index contributed by atoms with van der Waals surface area (Å²) < 4.78 is 11.2. The predicted molar refractivity (Wildman–Crippen MR) is 67.3 cm³/mol. The maximum atomic E-state index is 8.17. The van der Waals surface area contributed by atoms with Crippen LogP contribution in [0.15, 0.2) is 0 Å². The second kappa shape index (κ2) is 4.48. The van der Waals surface area contributed by atoms with E-state index in [1.807, 2.05) is 20.8 Å². The first-order valence-electron chi connectivity index (χ1n) is 6.56. The van der Waals surface area contributed by atoms with Gasteiger partial charge in [0.25, 0.3) is 6.02 Å². The lowest BCUT2D eigenvalue weighted by Gasteiger charge is -2.43. The third-order valence-electron chi connectivity index (χ3n) is 3.67. The summed E-state index contributed by atoms with van der Waals surface area (Å²) in [6.45, 7) is 8.57. The second-order valence-electron chi connectivity index (χ2n) is 6.11. The van der Waals surface area contributed by atoms with Gasteiger partial charge in [0.2, 0.25) is 0 Å². The van der Waals surface area contributed by atoms with Crippen LogP contribution in [0.4, 0.5) is 0 Å². The fourth-order valence-corrected chi connectivity index (χ4v) is 2.87. The Morgan fingerprint density at radius 2 is 1.88 bits per heavy atom. The van der Waals surface area contributed by atoms with Crippen molar-refractivity contribution in [3.8, 4) is 0 Å². The molecule has 0 atom stereocenters. The van der Waals surface area contributed by atoms with Crippen molar-refractivity contribution in [2.45, 2.75) is 57.6 Å². The van der Waals surface area contributed by atoms with Crippen LogP contribution >= 0.6 is 0 Å². The van der Waals surface area contributed by atoms with Gasteiger partial charge in [-0.15, -0.1) is 0 Å². The topological polar surface area (TPSA) is 45.5 Å². The lowest BCUT2D eigenvalue weighted by Crippen LogP contribution is -2.52. The Bertz CT molecular complexity index is 290. The molecule has 0 aromatic heterocycles. The molecule has 2 aliphatic rings. The minimum Gasteiger partial charge on any atom is -0.460 e. The zero-order valence-corrected chi connectivity index (χ0v) is 11.2. The van der Waals surface area contributed by atoms with Gasteiger partial charge in [-0.3, -0.25) is 5.41 Å². The molecule has 0 unspecified atom stereocenters. The Labute approximate surface area is 104 Å². The standard InChI is InChI=1S/C13H24N2O2/c1-12(2,3)17-11(14)15-8-4-5-13(15)6-9-16-10-7-13/h14H,4-10H2,1-3H3. The van der Waals surface area contributed by atoms with Crippen molar-refractivity contribution >= 4 is 6.02 Å². The summed E-state index contributed by atoms with van der Waals surface area (Å²) in [6.07, 6.45) is 4.40. The van der Waals surface area contributed by atoms with Crippen LogP contribution in [-0.4, -0.2) is 41.8 Å². The summed E-state index contributed by atoms with van der Waals surface area (Å²) in [4.78, 5) is 2.17. The monoisotopic (exact) mass is 240 g/mol. The molecule has 0 radical (unpaired) electrons. The molecule has 1 N–H and O–H groups in total. The summed E-state index contributed by atoms with van der Waals surface area (Å²) in [5.41, 5.74) is -0.146. The highest BCUT2D eigenvalue weighted by molar-refractivity contribution is 5.72. The summed E-state index contributed by atoms with van der Waals surface area (Å²) in [7, 11) is 0. The largest absolute Gasteiger partial charge is 0.460 e. The first-order valence-corrected chi connectivity index (χ1v) is 6.56. The summed E-state index contributed by atoms with van der Waals surface area (Å²) in [6, 6.07) is 0.344. The highest BCUT2D eigenvalue weighted by Gasteiger charge is 2.44. The SMILES string of the molecule is CC(C)(C)OC(=N)N1CCCC12CCOCC2. The molecule has 0 aromatic rings. The first kappa shape index (κ1) is 12.7. The summed E-state index contributed by atoms with van der Waals surface area (Å²) in [5.74, 6) is 0. The van der Waals surface area contributed by atoms with Crippen molar-refractivity contribution in [1.82, 2.24) is 4.90 Å². The molecule has 4 nitrogen and oxygen atoms in total. The zero-order valence-electron chi connectivity index (χ0n) is 11.2. The normalized spacial score (nSPS) is 24.1. The third kappa shape index (κ3) is 2.73. The third-order valence-corrected chi connectivity index (χ3v) is 3.67. The lowest BCUT2D eigenvalue weighted by molar-refractivity contribution is -0.00333. The van der Waals surface area contributed by atoms with Gasteiger partial charge < -0.3 is 14.4 Å². The fraction of sp³-hybridized carbons (Fsp3) is 0.923. The number of nitrogens with zero attached hydrogens (tertiary/aromatic N) is 1. The van der Waals surface area contributed by atoms with Crippen LogP contribution in [0.1, 0.15) is 46.5 Å². The van der Waals surface area contributed by atoms with Gasteiger partial charge in [0, 0.05) is 25.3 Å². The molecular formula is C13H24N2O2. The number of likely N-dealkylation sites (tertiary alicyclic amines) is 1. The number of hydrogen-bond acceptors (Lipinski definition) is 3. The van der Waals surface area contributed by atoms with Gasteiger partial charge in [-0.1, -0.05) is 0 Å². The molecule has 2 rings (SSSR count). The van der Waals surface area contributed by atoms with Gasteiger partial charge in [0.1, 0.15) is 5.60 Å². The molecule has 1 spiro atoms. The number of ether oxygens (including phenoxy) is 2. The van der Waals surface area contributed by atoms with E-state index in [2.05, 4.69) is 4.90 Å². The molecule has 2 heterocycles. The van der Waals surface area contributed by atoms with Crippen LogP contribution in [0.5, 0.6) is 0 Å². The maximum absolute atomic E-state index is 8.17. The van der Waals surface area contributed by atoms with E-state index in [9.17, 15) is 0 Å². The van der Waals surface area contributed by atoms with E-state index in [0.717, 1.165) is 39.0 Å². The summed E-state index contributed by atoms with van der Waals surface area (Å²) >= 11 is 0. The van der Waals surface area contributed by atoms with Crippen LogP contribution in [0.3, 0.4) is 0 Å². The Balaban J connectivity index is 2.06. The summed E-state index contributed by atoms with van der Waals surface area (Å²) in [5, 5.41) is 8.17. The van der Waals surface area contributed by atoms with Gasteiger partial charge in [0.05, 0.1) is 0 Å². The van der Waals surface area contributed by atoms with Gasteiger partial charge in [-0.05, 0) is 46.5 Å². The van der Waals surface area contributed by atoms with Crippen molar-refractivity contribution in [1.29, 1.82) is 5.41 Å². The maximum Gasteiger partial charge on any atom is 0.285 e. The molecule has 2 aliphatic heterocycles. The van der Waals surface area contributed by atoms with E-state index >= 15 is 0 Å². The average Bonchev–Trinajstić information content (AvgIpc) is 2.60. The minimum atomic E-state index is -0.286. The van der Waals surface area contributed by atoms with Crippen LogP contribution in [-0.2, 0) is 9.47 Å². The number of rotatable bonds is 0. The highest BCUT2D eigenvalue weighted by Crippen LogP contribution is 2.38. The number of hydrogen-bond donors (Lipinski definition) is 1. The smallest absolute Gasteiger partial charge is 0.285 e. The van der Waals surface area contributed by atoms with E-state index in [1.54, 1.807) is 0 Å². The van der Waals surface area contributed by atoms with Gasteiger partial charge >= 0.3 is 0 Å². The molecule has 0 aromatic carbocycles. The molecule has 0 aliphatic carbocycles. The van der Waals surface area contributed by atoms with Gasteiger partial charge in [-0.2, -0.15) is 0 Å². The van der Waals surface area contributed by atoms with Crippen LogP contribution in [0.2, 0.25) is 0 Å². The Kier molecular flexibility index (Phi) is 3.34. The molecule has 98 valence electrons. The number of amidine groups is 1. The lowest BCUT2D eigenvalue weighted by atomic mass is 9.87. The van der Waals surface area contributed by atoms with Crippen molar-refractivity contribution in [2.24, 2.45) is 0 Å². The van der Waals surface area contributed by atoms with Gasteiger partial charge in [-0.25, -0.2) is 0 Å². The van der Waals surface area contributed by atoms with E-state index in [-0.39, 0.29) is 11.1 Å². The molecule has 0 saturated carbocycles. The molecule has 0 bridgehead atoms. The molecule has 17 heavy (non-hydrogen) atoms. The van der Waals surface area contributed by atoms with Crippen molar-refractivity contribution < 1.29 is 9.47 Å². The van der Waals surface area contributed by atoms with Crippen molar-refractivity contribution in [2.75, 3.05) is 19.8 Å². The average molecular weight is 240 g/mol. The van der Waals surface area contributed by atoms with Crippen molar-refractivity contribution in [3.05, 3.63) is 0 Å². The van der Waals surface area contributed by atoms with E-state index in [1.165, 1.54) is 6.42 Å². The molecule has 2 fully saturated rings. The van der Waals surface area contributed by atoms with Crippen LogP contribution in [0.25, 0.3) is 0 Å². The van der Waals surface area contributed by atoms with E-state index < -0.39 is 0 Å². The van der Waals surface area contributed by atoms with Crippen LogP contribution < -0.4 is 0 Å². The molecule has 4 heteroatoms. The van der Waals surface area contributed by atoms with Crippen molar-refractivity contribution in [3.63, 3.8) is 0 Å². The van der Waals surface area contributed by atoms with Crippen LogP contribution in [0, 0.1) is 5.41 Å².